The number of likely N-dealkylation sites (tertiary alicyclic amines) is 1. The third-order valence-corrected chi connectivity index (χ3v) is 4.56. The molecule has 0 aromatic heterocycles. The normalized spacial score (nSPS) is 16.0. The van der Waals surface area contributed by atoms with Gasteiger partial charge in [-0.05, 0) is 34.7 Å². The van der Waals surface area contributed by atoms with Crippen LogP contribution in [-0.2, 0) is 4.74 Å². The second-order valence-electron chi connectivity index (χ2n) is 5.20. The summed E-state index contributed by atoms with van der Waals surface area (Å²) in [6.07, 6.45) is 2.30. The fourth-order valence-electron chi connectivity index (χ4n) is 2.50. The van der Waals surface area contributed by atoms with E-state index in [2.05, 4.69) is 43.9 Å². The molecule has 1 N–H and O–H groups in total. The predicted octanol–water partition coefficient (Wildman–Crippen LogP) is 2.97. The summed E-state index contributed by atoms with van der Waals surface area (Å²) in [6, 6.07) is 8.17. The van der Waals surface area contributed by atoms with Crippen molar-refractivity contribution in [1.29, 1.82) is 0 Å². The van der Waals surface area contributed by atoms with Crippen LogP contribution in [0.15, 0.2) is 29.3 Å². The molecule has 1 aromatic carbocycles. The minimum absolute atomic E-state index is 0. The summed E-state index contributed by atoms with van der Waals surface area (Å²) in [7, 11) is 3.53. The topological polar surface area (TPSA) is 46.1 Å². The van der Waals surface area contributed by atoms with Gasteiger partial charge in [0.25, 0.3) is 0 Å². The molecule has 1 heterocycles. The van der Waals surface area contributed by atoms with Crippen LogP contribution in [0.4, 0.5) is 0 Å². The third-order valence-electron chi connectivity index (χ3n) is 3.67. The number of methoxy groups -OCH3 is 1. The van der Waals surface area contributed by atoms with Crippen LogP contribution in [-0.4, -0.2) is 57.4 Å². The highest BCUT2D eigenvalue weighted by molar-refractivity contribution is 14.1. The fraction of sp³-hybridized carbons (Fsp3) is 0.562. The lowest BCUT2D eigenvalue weighted by Gasteiger charge is -2.34. The van der Waals surface area contributed by atoms with Crippen molar-refractivity contribution < 1.29 is 9.47 Å². The highest BCUT2D eigenvalue weighted by atomic mass is 127. The van der Waals surface area contributed by atoms with Crippen LogP contribution in [0.1, 0.15) is 12.8 Å². The van der Waals surface area contributed by atoms with Crippen LogP contribution in [0.5, 0.6) is 5.75 Å². The number of halogens is 2. The standard InChI is InChI=1S/C16H24IN3O2.HI/c1-18-16(19-9-12-21-2)20-10-7-13(8-11-20)22-15-6-4-3-5-14(15)17;/h3-6,13H,7-12H2,1-2H3,(H,18,19);1H. The Morgan fingerprint density at radius 1 is 1.35 bits per heavy atom. The maximum Gasteiger partial charge on any atom is 0.193 e. The van der Waals surface area contributed by atoms with Gasteiger partial charge in [-0.15, -0.1) is 24.0 Å². The molecule has 0 aliphatic carbocycles. The Morgan fingerprint density at radius 2 is 2.04 bits per heavy atom. The summed E-state index contributed by atoms with van der Waals surface area (Å²) in [4.78, 5) is 6.62. The van der Waals surface area contributed by atoms with E-state index in [4.69, 9.17) is 9.47 Å². The second-order valence-corrected chi connectivity index (χ2v) is 6.36. The summed E-state index contributed by atoms with van der Waals surface area (Å²) in [5, 5.41) is 3.32. The lowest BCUT2D eigenvalue weighted by Crippen LogP contribution is -2.48. The first kappa shape index (κ1) is 20.8. The van der Waals surface area contributed by atoms with E-state index in [-0.39, 0.29) is 30.1 Å². The minimum atomic E-state index is 0. The minimum Gasteiger partial charge on any atom is -0.489 e. The number of rotatable bonds is 5. The van der Waals surface area contributed by atoms with Gasteiger partial charge in [-0.1, -0.05) is 12.1 Å². The zero-order valence-electron chi connectivity index (χ0n) is 13.6. The van der Waals surface area contributed by atoms with Gasteiger partial charge in [0.05, 0.1) is 10.2 Å². The maximum absolute atomic E-state index is 6.13. The molecule has 7 heteroatoms. The Kier molecular flexibility index (Phi) is 10.2. The van der Waals surface area contributed by atoms with Crippen LogP contribution in [0.25, 0.3) is 0 Å². The van der Waals surface area contributed by atoms with Gasteiger partial charge in [0, 0.05) is 46.6 Å². The Bertz CT molecular complexity index is 492. The van der Waals surface area contributed by atoms with E-state index in [0.29, 0.717) is 6.61 Å². The summed E-state index contributed by atoms with van der Waals surface area (Å²) in [6.45, 7) is 3.38. The van der Waals surface area contributed by atoms with Crippen LogP contribution in [0.3, 0.4) is 0 Å². The van der Waals surface area contributed by atoms with Gasteiger partial charge in [-0.3, -0.25) is 4.99 Å². The number of hydrogen-bond donors (Lipinski definition) is 1. The van der Waals surface area contributed by atoms with Gasteiger partial charge < -0.3 is 19.7 Å². The average molecular weight is 545 g/mol. The maximum atomic E-state index is 6.13. The smallest absolute Gasteiger partial charge is 0.193 e. The van der Waals surface area contributed by atoms with Gasteiger partial charge in [0.15, 0.2) is 5.96 Å². The van der Waals surface area contributed by atoms with Gasteiger partial charge in [0.2, 0.25) is 0 Å². The zero-order chi connectivity index (χ0) is 15.8. The molecule has 0 saturated carbocycles. The van der Waals surface area contributed by atoms with E-state index in [1.54, 1.807) is 7.11 Å². The van der Waals surface area contributed by atoms with E-state index in [9.17, 15) is 0 Å². The van der Waals surface area contributed by atoms with Gasteiger partial charge in [-0.2, -0.15) is 0 Å². The van der Waals surface area contributed by atoms with Crippen LogP contribution in [0, 0.1) is 3.57 Å². The summed E-state index contributed by atoms with van der Waals surface area (Å²) < 4.78 is 12.4. The number of nitrogens with one attached hydrogen (secondary N) is 1. The Labute approximate surface area is 169 Å². The van der Waals surface area contributed by atoms with E-state index in [1.807, 2.05) is 25.2 Å². The summed E-state index contributed by atoms with van der Waals surface area (Å²) in [5.74, 6) is 1.94. The van der Waals surface area contributed by atoms with Gasteiger partial charge in [-0.25, -0.2) is 0 Å². The molecular formula is C16H25I2N3O2. The van der Waals surface area contributed by atoms with Crippen molar-refractivity contribution in [3.8, 4) is 5.75 Å². The highest BCUT2D eigenvalue weighted by Crippen LogP contribution is 2.24. The Morgan fingerprint density at radius 3 is 2.65 bits per heavy atom. The van der Waals surface area contributed by atoms with Crippen molar-refractivity contribution >= 4 is 52.5 Å². The molecule has 1 aliphatic heterocycles. The Balaban J connectivity index is 0.00000264. The van der Waals surface area contributed by atoms with Crippen molar-refractivity contribution in [3.63, 3.8) is 0 Å². The molecule has 5 nitrogen and oxygen atoms in total. The molecule has 1 aliphatic rings. The number of benzene rings is 1. The van der Waals surface area contributed by atoms with Crippen molar-refractivity contribution in [2.24, 2.45) is 4.99 Å². The number of para-hydroxylation sites is 1. The molecule has 23 heavy (non-hydrogen) atoms. The zero-order valence-corrected chi connectivity index (χ0v) is 18.1. The third kappa shape index (κ3) is 6.61. The molecular weight excluding hydrogens is 520 g/mol. The molecule has 0 amide bonds. The molecule has 0 atom stereocenters. The van der Waals surface area contributed by atoms with Crippen molar-refractivity contribution in [2.45, 2.75) is 18.9 Å². The first-order valence-electron chi connectivity index (χ1n) is 7.60. The molecule has 1 saturated heterocycles. The molecule has 1 aromatic rings. The number of piperidine rings is 1. The molecule has 0 unspecified atom stereocenters. The van der Waals surface area contributed by atoms with E-state index in [1.165, 1.54) is 3.57 Å². The van der Waals surface area contributed by atoms with Crippen LogP contribution >= 0.6 is 46.6 Å². The Hall–Kier alpha value is -0.290. The number of guanidine groups is 1. The second kappa shape index (κ2) is 11.3. The molecule has 130 valence electrons. The predicted molar refractivity (Wildman–Crippen MR) is 113 cm³/mol. The average Bonchev–Trinajstić information content (AvgIpc) is 2.55. The number of hydrogen-bond acceptors (Lipinski definition) is 3. The molecule has 2 rings (SSSR count). The van der Waals surface area contributed by atoms with E-state index in [0.717, 1.165) is 44.2 Å². The molecule has 0 radical (unpaired) electrons. The number of nitrogens with zero attached hydrogens (tertiary/aromatic N) is 2. The first-order valence-corrected chi connectivity index (χ1v) is 8.68. The molecule has 0 bridgehead atoms. The van der Waals surface area contributed by atoms with Gasteiger partial charge in [0.1, 0.15) is 11.9 Å². The first-order chi connectivity index (χ1) is 10.7. The summed E-state index contributed by atoms with van der Waals surface area (Å²) >= 11 is 2.32. The lowest BCUT2D eigenvalue weighted by atomic mass is 10.1. The monoisotopic (exact) mass is 545 g/mol. The fourth-order valence-corrected chi connectivity index (χ4v) is 3.02. The van der Waals surface area contributed by atoms with E-state index >= 15 is 0 Å². The van der Waals surface area contributed by atoms with E-state index < -0.39 is 0 Å². The highest BCUT2D eigenvalue weighted by Gasteiger charge is 2.23. The van der Waals surface area contributed by atoms with Crippen LogP contribution < -0.4 is 10.1 Å². The molecule has 1 fully saturated rings. The van der Waals surface area contributed by atoms with Crippen molar-refractivity contribution in [2.75, 3.05) is 40.4 Å². The van der Waals surface area contributed by atoms with Gasteiger partial charge >= 0.3 is 0 Å². The number of aliphatic imine (C=N–C) groups is 1. The lowest BCUT2D eigenvalue weighted by molar-refractivity contribution is 0.128. The molecule has 0 spiro atoms. The largest absolute Gasteiger partial charge is 0.489 e. The van der Waals surface area contributed by atoms with Crippen molar-refractivity contribution in [1.82, 2.24) is 10.2 Å². The summed E-state index contributed by atoms with van der Waals surface area (Å²) in [5.41, 5.74) is 0. The quantitative estimate of drug-likeness (QED) is 0.268. The SMILES string of the molecule is CN=C(NCCOC)N1CCC(Oc2ccccc2I)CC1.I. The van der Waals surface area contributed by atoms with Crippen molar-refractivity contribution in [3.05, 3.63) is 27.8 Å². The van der Waals surface area contributed by atoms with Crippen LogP contribution in [0.2, 0.25) is 0 Å². The number of ether oxygens (including phenoxy) is 2.